The molecule has 2 saturated heterocycles. The molecule has 3 atom stereocenters. The number of hydrogen-bond acceptors (Lipinski definition) is 5. The molecule has 6 nitrogen and oxygen atoms in total. The fraction of sp³-hybridized carbons (Fsp3) is 0.692. The molecule has 3 heterocycles. The van der Waals surface area contributed by atoms with Crippen LogP contribution >= 0.6 is 0 Å². The lowest BCUT2D eigenvalue weighted by Crippen LogP contribution is -2.40. The molecule has 1 aromatic rings. The highest BCUT2D eigenvalue weighted by atomic mass is 16.5. The first-order valence-electron chi connectivity index (χ1n) is 6.74. The largest absolute Gasteiger partial charge is 0.373 e. The molecule has 3 unspecified atom stereocenters. The topological polar surface area (TPSA) is 67.5 Å². The Bertz CT molecular complexity index is 548. The summed E-state index contributed by atoms with van der Waals surface area (Å²) in [4.78, 5) is 25.8. The van der Waals surface area contributed by atoms with Gasteiger partial charge in [-0.3, -0.25) is 14.5 Å². The van der Waals surface area contributed by atoms with Gasteiger partial charge in [-0.2, -0.15) is 0 Å². The fourth-order valence-electron chi connectivity index (χ4n) is 3.32. The van der Waals surface area contributed by atoms with Crippen LogP contribution in [0.2, 0.25) is 0 Å². The highest BCUT2D eigenvalue weighted by Crippen LogP contribution is 2.31. The first-order valence-corrected chi connectivity index (χ1v) is 6.74. The molecule has 0 aliphatic carbocycles. The molecule has 1 aromatic heterocycles. The summed E-state index contributed by atoms with van der Waals surface area (Å²) >= 11 is 0. The van der Waals surface area contributed by atoms with Gasteiger partial charge in [0.1, 0.15) is 5.76 Å². The predicted octanol–water partition coefficient (Wildman–Crippen LogP) is -0.0704. The Balaban J connectivity index is 1.71. The van der Waals surface area contributed by atoms with E-state index in [0.29, 0.717) is 23.6 Å². The number of nitrogens with zero attached hydrogens (tertiary/aromatic N) is 2. The highest BCUT2D eigenvalue weighted by Gasteiger charge is 2.42. The molecule has 19 heavy (non-hydrogen) atoms. The van der Waals surface area contributed by atoms with Gasteiger partial charge in [-0.05, 0) is 38.8 Å². The second-order valence-corrected chi connectivity index (χ2v) is 5.62. The van der Waals surface area contributed by atoms with Gasteiger partial charge in [0.05, 0.1) is 6.54 Å². The lowest BCUT2D eigenvalue weighted by molar-refractivity contribution is 0.0702. The van der Waals surface area contributed by atoms with E-state index in [-0.39, 0.29) is 18.0 Å². The maximum atomic E-state index is 12.1. The third kappa shape index (κ3) is 2.15. The number of rotatable bonds is 2. The van der Waals surface area contributed by atoms with Crippen LogP contribution in [0.3, 0.4) is 0 Å². The first kappa shape index (κ1) is 12.6. The van der Waals surface area contributed by atoms with Crippen molar-refractivity contribution in [1.29, 1.82) is 0 Å². The zero-order valence-electron chi connectivity index (χ0n) is 11.3. The Labute approximate surface area is 111 Å². The summed E-state index contributed by atoms with van der Waals surface area (Å²) in [5.41, 5.74) is -0.379. The SMILES string of the molecule is Cc1cc(=O)n(C(=O)CN2CC3CNCC3C2C)o1. The van der Waals surface area contributed by atoms with E-state index in [1.165, 1.54) is 6.07 Å². The van der Waals surface area contributed by atoms with Crippen LogP contribution < -0.4 is 10.9 Å². The molecule has 0 bridgehead atoms. The molecular formula is C13H19N3O3. The van der Waals surface area contributed by atoms with Crippen molar-refractivity contribution in [3.63, 3.8) is 0 Å². The van der Waals surface area contributed by atoms with Crippen molar-refractivity contribution in [2.45, 2.75) is 19.9 Å². The highest BCUT2D eigenvalue weighted by molar-refractivity contribution is 5.79. The molecule has 1 N–H and O–H groups in total. The third-order valence-electron chi connectivity index (χ3n) is 4.38. The minimum absolute atomic E-state index is 0.251. The van der Waals surface area contributed by atoms with Gasteiger partial charge in [0.15, 0.2) is 0 Å². The van der Waals surface area contributed by atoms with Crippen LogP contribution in [-0.2, 0) is 0 Å². The van der Waals surface area contributed by atoms with Gasteiger partial charge in [-0.25, -0.2) is 0 Å². The molecule has 6 heteroatoms. The van der Waals surface area contributed by atoms with Crippen molar-refractivity contribution >= 4 is 5.91 Å². The number of carbonyl (C=O) groups excluding carboxylic acids is 1. The smallest absolute Gasteiger partial charge is 0.290 e. The molecule has 0 aromatic carbocycles. The molecule has 2 aliphatic heterocycles. The predicted molar refractivity (Wildman–Crippen MR) is 69.2 cm³/mol. The van der Waals surface area contributed by atoms with E-state index in [1.54, 1.807) is 6.92 Å². The molecule has 3 rings (SSSR count). The van der Waals surface area contributed by atoms with E-state index in [1.807, 2.05) is 0 Å². The summed E-state index contributed by atoms with van der Waals surface area (Å²) in [6.07, 6.45) is 0. The van der Waals surface area contributed by atoms with E-state index < -0.39 is 0 Å². The molecular weight excluding hydrogens is 246 g/mol. The Morgan fingerprint density at radius 1 is 1.53 bits per heavy atom. The lowest BCUT2D eigenvalue weighted by Gasteiger charge is -2.22. The summed E-state index contributed by atoms with van der Waals surface area (Å²) < 4.78 is 6.00. The van der Waals surface area contributed by atoms with Gasteiger partial charge >= 0.3 is 0 Å². The summed E-state index contributed by atoms with van der Waals surface area (Å²) in [5.74, 6) is 1.42. The quantitative estimate of drug-likeness (QED) is 0.810. The van der Waals surface area contributed by atoms with Crippen molar-refractivity contribution < 1.29 is 9.32 Å². The molecule has 2 fully saturated rings. The molecule has 104 valence electrons. The van der Waals surface area contributed by atoms with Gasteiger partial charge in [0.2, 0.25) is 0 Å². The molecule has 0 amide bonds. The standard InChI is InChI=1S/C13H19N3O3/c1-8-3-12(17)16(19-8)13(18)7-15-6-10-4-14-5-11(10)9(15)2/h3,9-11,14H,4-7H2,1-2H3. The van der Waals surface area contributed by atoms with Crippen LogP contribution in [0.1, 0.15) is 17.5 Å². The Kier molecular flexibility index (Phi) is 3.06. The number of hydrogen-bond donors (Lipinski definition) is 1. The van der Waals surface area contributed by atoms with Gasteiger partial charge in [0, 0.05) is 18.7 Å². The lowest BCUT2D eigenvalue weighted by atomic mass is 9.95. The van der Waals surface area contributed by atoms with E-state index >= 15 is 0 Å². The normalized spacial score (nSPS) is 30.7. The van der Waals surface area contributed by atoms with E-state index in [2.05, 4.69) is 17.1 Å². The Hall–Kier alpha value is -1.40. The molecule has 0 radical (unpaired) electrons. The van der Waals surface area contributed by atoms with Crippen LogP contribution in [0, 0.1) is 18.8 Å². The van der Waals surface area contributed by atoms with E-state index in [9.17, 15) is 9.59 Å². The first-order chi connectivity index (χ1) is 9.06. The van der Waals surface area contributed by atoms with Crippen molar-refractivity contribution in [3.05, 3.63) is 22.2 Å². The summed E-state index contributed by atoms with van der Waals surface area (Å²) in [6, 6.07) is 1.71. The summed E-state index contributed by atoms with van der Waals surface area (Å²) in [6.45, 7) is 7.04. The second kappa shape index (κ2) is 4.61. The van der Waals surface area contributed by atoms with E-state index in [4.69, 9.17) is 4.52 Å². The van der Waals surface area contributed by atoms with E-state index in [0.717, 1.165) is 24.4 Å². The fourth-order valence-corrected chi connectivity index (χ4v) is 3.32. The zero-order valence-corrected chi connectivity index (χ0v) is 11.3. The van der Waals surface area contributed by atoms with Crippen LogP contribution in [0.4, 0.5) is 0 Å². The number of carbonyl (C=O) groups is 1. The summed E-state index contributed by atoms with van der Waals surface area (Å²) in [7, 11) is 0. The maximum absolute atomic E-state index is 12.1. The van der Waals surface area contributed by atoms with Crippen molar-refractivity contribution in [3.8, 4) is 0 Å². The molecule has 0 spiro atoms. The number of likely N-dealkylation sites (tertiary alicyclic amines) is 1. The Morgan fingerprint density at radius 3 is 2.95 bits per heavy atom. The minimum atomic E-state index is -0.379. The van der Waals surface area contributed by atoms with Gasteiger partial charge < -0.3 is 9.84 Å². The van der Waals surface area contributed by atoms with Gasteiger partial charge in [-0.1, -0.05) is 0 Å². The second-order valence-electron chi connectivity index (χ2n) is 5.62. The van der Waals surface area contributed by atoms with Crippen molar-refractivity contribution in [2.24, 2.45) is 11.8 Å². The minimum Gasteiger partial charge on any atom is -0.373 e. The van der Waals surface area contributed by atoms with Gasteiger partial charge in [-0.15, -0.1) is 4.74 Å². The average Bonchev–Trinajstić information content (AvgIpc) is 2.99. The maximum Gasteiger partial charge on any atom is 0.290 e. The number of fused-ring (bicyclic) bond motifs is 1. The monoisotopic (exact) mass is 265 g/mol. The van der Waals surface area contributed by atoms with Crippen molar-refractivity contribution in [2.75, 3.05) is 26.2 Å². The molecule has 2 aliphatic rings. The number of aryl methyl sites for hydroxylation is 1. The Morgan fingerprint density at radius 2 is 2.32 bits per heavy atom. The van der Waals surface area contributed by atoms with Crippen LogP contribution in [0.5, 0.6) is 0 Å². The van der Waals surface area contributed by atoms with Crippen LogP contribution in [0.25, 0.3) is 0 Å². The summed E-state index contributed by atoms with van der Waals surface area (Å²) in [5, 5.41) is 3.39. The molecule has 0 saturated carbocycles. The van der Waals surface area contributed by atoms with Crippen LogP contribution in [0.15, 0.2) is 15.4 Å². The van der Waals surface area contributed by atoms with Crippen molar-refractivity contribution in [1.82, 2.24) is 15.0 Å². The van der Waals surface area contributed by atoms with Crippen LogP contribution in [-0.4, -0.2) is 47.8 Å². The zero-order chi connectivity index (χ0) is 13.6. The van der Waals surface area contributed by atoms with Gasteiger partial charge in [0.25, 0.3) is 11.5 Å². The average molecular weight is 265 g/mol. The number of aromatic nitrogens is 1. The third-order valence-corrected chi connectivity index (χ3v) is 4.38. The number of nitrogens with one attached hydrogen (secondary N) is 1.